The summed E-state index contributed by atoms with van der Waals surface area (Å²) < 4.78 is 0. The third-order valence-corrected chi connectivity index (χ3v) is 4.11. The molecule has 0 spiro atoms. The number of fused-ring (bicyclic) bond motifs is 2. The third kappa shape index (κ3) is 3.11. The maximum Gasteiger partial charge on any atom is 0.236 e. The number of carbonyl (C=O) groups excluding carboxylic acids is 1. The van der Waals surface area contributed by atoms with Crippen LogP contribution in [-0.4, -0.2) is 18.5 Å². The Bertz CT molecular complexity index is 245. The monoisotopic (exact) mass is 246 g/mol. The molecule has 3 nitrogen and oxygen atoms in total. The van der Waals surface area contributed by atoms with Crippen LogP contribution < -0.4 is 11.1 Å². The molecular formula is C12H23ClN2O. The van der Waals surface area contributed by atoms with Gasteiger partial charge in [-0.25, -0.2) is 0 Å². The second-order valence-corrected chi connectivity index (χ2v) is 5.30. The van der Waals surface area contributed by atoms with Gasteiger partial charge in [0.25, 0.3) is 0 Å². The number of hydrogen-bond acceptors (Lipinski definition) is 2. The smallest absolute Gasteiger partial charge is 0.236 e. The summed E-state index contributed by atoms with van der Waals surface area (Å²) in [6.45, 7) is 2.54. The molecule has 0 heterocycles. The van der Waals surface area contributed by atoms with Crippen LogP contribution in [0.15, 0.2) is 0 Å². The first-order chi connectivity index (χ1) is 7.16. The molecule has 1 amide bonds. The molecule has 0 saturated heterocycles. The average Bonchev–Trinajstić information content (AvgIpc) is 2.78. The summed E-state index contributed by atoms with van der Waals surface area (Å²) in [5.74, 6) is 2.82. The molecule has 0 aromatic heterocycles. The van der Waals surface area contributed by atoms with Gasteiger partial charge in [-0.05, 0) is 50.4 Å². The highest BCUT2D eigenvalue weighted by molar-refractivity contribution is 5.85. The second kappa shape index (κ2) is 5.87. The van der Waals surface area contributed by atoms with Crippen LogP contribution in [0.25, 0.3) is 0 Å². The van der Waals surface area contributed by atoms with Crippen molar-refractivity contribution in [1.29, 1.82) is 0 Å². The number of amides is 1. The minimum absolute atomic E-state index is 0. The fourth-order valence-electron chi connectivity index (χ4n) is 3.27. The summed E-state index contributed by atoms with van der Waals surface area (Å²) in [6, 6.07) is -0.370. The van der Waals surface area contributed by atoms with Gasteiger partial charge in [0.2, 0.25) is 5.91 Å². The summed E-state index contributed by atoms with van der Waals surface area (Å²) >= 11 is 0. The van der Waals surface area contributed by atoms with Crippen LogP contribution in [0.2, 0.25) is 0 Å². The maximum absolute atomic E-state index is 11.2. The van der Waals surface area contributed by atoms with E-state index in [1.165, 1.54) is 25.7 Å². The molecule has 2 fully saturated rings. The van der Waals surface area contributed by atoms with Gasteiger partial charge >= 0.3 is 0 Å². The molecule has 0 aliphatic heterocycles. The predicted molar refractivity (Wildman–Crippen MR) is 67.5 cm³/mol. The van der Waals surface area contributed by atoms with Crippen molar-refractivity contribution in [2.45, 2.75) is 45.1 Å². The Kier molecular flexibility index (Phi) is 5.06. The highest BCUT2D eigenvalue weighted by Crippen LogP contribution is 2.49. The van der Waals surface area contributed by atoms with Crippen molar-refractivity contribution in [2.75, 3.05) is 6.54 Å². The Hall–Kier alpha value is -0.280. The number of nitrogens with two attached hydrogens (primary N) is 1. The molecule has 2 rings (SSSR count). The molecule has 16 heavy (non-hydrogen) atoms. The van der Waals surface area contributed by atoms with E-state index >= 15 is 0 Å². The molecule has 2 aliphatic carbocycles. The van der Waals surface area contributed by atoms with Crippen LogP contribution in [0.5, 0.6) is 0 Å². The van der Waals surface area contributed by atoms with Crippen molar-refractivity contribution in [3.63, 3.8) is 0 Å². The Morgan fingerprint density at radius 2 is 2.19 bits per heavy atom. The van der Waals surface area contributed by atoms with Crippen LogP contribution >= 0.6 is 12.4 Å². The van der Waals surface area contributed by atoms with E-state index in [9.17, 15) is 4.79 Å². The lowest BCUT2D eigenvalue weighted by Crippen LogP contribution is -2.39. The van der Waals surface area contributed by atoms with E-state index in [1.54, 1.807) is 6.92 Å². The van der Waals surface area contributed by atoms with Gasteiger partial charge in [0.05, 0.1) is 6.04 Å². The van der Waals surface area contributed by atoms with Crippen molar-refractivity contribution in [3.8, 4) is 0 Å². The number of carbonyl (C=O) groups is 1. The average molecular weight is 247 g/mol. The van der Waals surface area contributed by atoms with Crippen LogP contribution in [0.4, 0.5) is 0 Å². The summed E-state index contributed by atoms with van der Waals surface area (Å²) in [5, 5.41) is 2.90. The van der Waals surface area contributed by atoms with Crippen LogP contribution in [0.1, 0.15) is 39.0 Å². The fraction of sp³-hybridized carbons (Fsp3) is 0.917. The lowest BCUT2D eigenvalue weighted by Gasteiger charge is -2.21. The zero-order chi connectivity index (χ0) is 10.8. The zero-order valence-corrected chi connectivity index (χ0v) is 10.8. The molecule has 0 aromatic rings. The van der Waals surface area contributed by atoms with Gasteiger partial charge in [-0.15, -0.1) is 12.4 Å². The molecule has 2 aliphatic rings. The largest absolute Gasteiger partial charge is 0.355 e. The van der Waals surface area contributed by atoms with Crippen LogP contribution in [0.3, 0.4) is 0 Å². The molecule has 4 heteroatoms. The first kappa shape index (κ1) is 13.8. The molecule has 3 N–H and O–H groups in total. The Balaban J connectivity index is 0.00000128. The van der Waals surface area contributed by atoms with E-state index in [4.69, 9.17) is 5.73 Å². The van der Waals surface area contributed by atoms with Gasteiger partial charge in [-0.2, -0.15) is 0 Å². The van der Waals surface area contributed by atoms with E-state index in [1.807, 2.05) is 0 Å². The minimum Gasteiger partial charge on any atom is -0.355 e. The van der Waals surface area contributed by atoms with Gasteiger partial charge in [-0.3, -0.25) is 4.79 Å². The predicted octanol–water partition coefficient (Wildman–Crippen LogP) is 1.70. The SMILES string of the molecule is C[C@@H](N)C(=O)NCCC1CC2CCC1C2.Cl. The Labute approximate surface area is 104 Å². The summed E-state index contributed by atoms with van der Waals surface area (Å²) in [7, 11) is 0. The molecule has 3 unspecified atom stereocenters. The van der Waals surface area contributed by atoms with Crippen molar-refractivity contribution in [3.05, 3.63) is 0 Å². The zero-order valence-electron chi connectivity index (χ0n) is 9.95. The highest BCUT2D eigenvalue weighted by Gasteiger charge is 2.38. The molecule has 0 radical (unpaired) electrons. The van der Waals surface area contributed by atoms with Gasteiger partial charge in [0.15, 0.2) is 0 Å². The van der Waals surface area contributed by atoms with Crippen molar-refractivity contribution >= 4 is 18.3 Å². The summed E-state index contributed by atoms with van der Waals surface area (Å²) in [5.41, 5.74) is 5.48. The Morgan fingerprint density at radius 1 is 1.44 bits per heavy atom. The molecule has 4 atom stereocenters. The lowest BCUT2D eigenvalue weighted by molar-refractivity contribution is -0.122. The molecule has 2 saturated carbocycles. The third-order valence-electron chi connectivity index (χ3n) is 4.11. The van der Waals surface area contributed by atoms with Gasteiger partial charge in [-0.1, -0.05) is 6.42 Å². The van der Waals surface area contributed by atoms with Gasteiger partial charge in [0.1, 0.15) is 0 Å². The highest BCUT2D eigenvalue weighted by atomic mass is 35.5. The van der Waals surface area contributed by atoms with E-state index in [-0.39, 0.29) is 24.4 Å². The van der Waals surface area contributed by atoms with Gasteiger partial charge < -0.3 is 11.1 Å². The van der Waals surface area contributed by atoms with E-state index in [0.717, 1.165) is 30.7 Å². The first-order valence-electron chi connectivity index (χ1n) is 6.20. The van der Waals surface area contributed by atoms with Gasteiger partial charge in [0, 0.05) is 6.54 Å². The summed E-state index contributed by atoms with van der Waals surface area (Å²) in [4.78, 5) is 11.2. The molecule has 94 valence electrons. The fourth-order valence-corrected chi connectivity index (χ4v) is 3.27. The standard InChI is InChI=1S/C12H22N2O.ClH/c1-8(13)12(15)14-5-4-11-7-9-2-3-10(11)6-9;/h8-11H,2-7,13H2,1H3,(H,14,15);1H/t8-,9?,10?,11?;/m1./s1. The number of hydrogen-bond donors (Lipinski definition) is 2. The topological polar surface area (TPSA) is 55.1 Å². The molecule has 2 bridgehead atoms. The lowest BCUT2D eigenvalue weighted by atomic mass is 9.86. The van der Waals surface area contributed by atoms with E-state index in [2.05, 4.69) is 5.32 Å². The van der Waals surface area contributed by atoms with Crippen LogP contribution in [0, 0.1) is 17.8 Å². The van der Waals surface area contributed by atoms with Crippen molar-refractivity contribution in [2.24, 2.45) is 23.5 Å². The number of nitrogens with one attached hydrogen (secondary N) is 1. The van der Waals surface area contributed by atoms with Crippen LogP contribution in [-0.2, 0) is 4.79 Å². The normalized spacial score (nSPS) is 33.2. The van der Waals surface area contributed by atoms with Crippen molar-refractivity contribution in [1.82, 2.24) is 5.32 Å². The van der Waals surface area contributed by atoms with E-state index in [0.29, 0.717) is 0 Å². The number of rotatable bonds is 4. The number of halogens is 1. The maximum atomic E-state index is 11.2. The van der Waals surface area contributed by atoms with E-state index < -0.39 is 0 Å². The minimum atomic E-state index is -0.370. The molecular weight excluding hydrogens is 224 g/mol. The van der Waals surface area contributed by atoms with Crippen molar-refractivity contribution < 1.29 is 4.79 Å². The summed E-state index contributed by atoms with van der Waals surface area (Å²) in [6.07, 6.45) is 6.88. The quantitative estimate of drug-likeness (QED) is 0.793. The Morgan fingerprint density at radius 3 is 2.69 bits per heavy atom. The molecule has 0 aromatic carbocycles. The second-order valence-electron chi connectivity index (χ2n) is 5.30. The first-order valence-corrected chi connectivity index (χ1v) is 6.20.